The van der Waals surface area contributed by atoms with Crippen LogP contribution < -0.4 is 5.32 Å². The summed E-state index contributed by atoms with van der Waals surface area (Å²) in [5.41, 5.74) is -0.814. The number of nitrogens with one attached hydrogen (secondary N) is 1. The van der Waals surface area contributed by atoms with E-state index in [9.17, 15) is 28.0 Å². The third-order valence-electron chi connectivity index (χ3n) is 4.06. The number of methoxy groups -OCH3 is 1. The molecular weight excluding hydrogens is 362 g/mol. The van der Waals surface area contributed by atoms with Gasteiger partial charge >= 0.3 is 5.97 Å². The molecule has 0 atom stereocenters. The maximum Gasteiger partial charge on any atom is 0.340 e. The number of anilines is 1. The van der Waals surface area contributed by atoms with Gasteiger partial charge in [0.25, 0.3) is 17.7 Å². The van der Waals surface area contributed by atoms with Crippen LogP contribution in [0.2, 0.25) is 0 Å². The lowest BCUT2D eigenvalue weighted by atomic mass is 10.0. The van der Waals surface area contributed by atoms with Gasteiger partial charge in [0, 0.05) is 18.7 Å². The van der Waals surface area contributed by atoms with Crippen molar-refractivity contribution in [1.82, 2.24) is 4.90 Å². The first-order valence-corrected chi connectivity index (χ1v) is 7.59. The van der Waals surface area contributed by atoms with Crippen LogP contribution in [0.3, 0.4) is 0 Å². The summed E-state index contributed by atoms with van der Waals surface area (Å²) in [6.45, 7) is 0. The zero-order valence-corrected chi connectivity index (χ0v) is 14.1. The van der Waals surface area contributed by atoms with Crippen LogP contribution in [0.4, 0.5) is 14.5 Å². The van der Waals surface area contributed by atoms with Gasteiger partial charge in [-0.05, 0) is 24.3 Å². The summed E-state index contributed by atoms with van der Waals surface area (Å²) in [5, 5.41) is 2.20. The topological polar surface area (TPSA) is 92.8 Å². The Morgan fingerprint density at radius 1 is 1.00 bits per heavy atom. The first-order valence-electron chi connectivity index (χ1n) is 7.59. The largest absolute Gasteiger partial charge is 0.465 e. The third-order valence-corrected chi connectivity index (χ3v) is 4.06. The maximum atomic E-state index is 13.9. The highest BCUT2D eigenvalue weighted by atomic mass is 19.1. The molecule has 0 fully saturated rings. The zero-order chi connectivity index (χ0) is 19.9. The van der Waals surface area contributed by atoms with Gasteiger partial charge in [0.1, 0.15) is 11.6 Å². The molecule has 27 heavy (non-hydrogen) atoms. The van der Waals surface area contributed by atoms with E-state index in [-0.39, 0.29) is 16.7 Å². The van der Waals surface area contributed by atoms with Crippen LogP contribution in [0.1, 0.15) is 41.4 Å². The van der Waals surface area contributed by atoms with Crippen molar-refractivity contribution in [2.75, 3.05) is 19.5 Å². The number of imide groups is 1. The molecule has 0 bridgehead atoms. The molecule has 0 aromatic heterocycles. The number of fused-ring (bicyclic) bond motifs is 1. The number of carbonyl (C=O) groups excluding carboxylic acids is 4. The third kappa shape index (κ3) is 3.03. The Balaban J connectivity index is 1.92. The van der Waals surface area contributed by atoms with Crippen molar-refractivity contribution in [3.05, 3.63) is 64.2 Å². The van der Waals surface area contributed by atoms with E-state index in [0.29, 0.717) is 6.07 Å². The highest BCUT2D eigenvalue weighted by Gasteiger charge is 2.33. The molecular formula is C18H12F2N2O5. The summed E-state index contributed by atoms with van der Waals surface area (Å²) in [5.74, 6) is -5.14. The Kier molecular flexibility index (Phi) is 4.44. The number of amides is 3. The summed E-state index contributed by atoms with van der Waals surface area (Å²) in [4.78, 5) is 48.7. The molecule has 0 aliphatic carbocycles. The van der Waals surface area contributed by atoms with E-state index in [2.05, 4.69) is 10.1 Å². The minimum absolute atomic E-state index is 0.0199. The Hall–Kier alpha value is -3.62. The lowest BCUT2D eigenvalue weighted by Gasteiger charge is -2.09. The van der Waals surface area contributed by atoms with Crippen LogP contribution in [-0.2, 0) is 4.74 Å². The van der Waals surface area contributed by atoms with E-state index in [4.69, 9.17) is 0 Å². The van der Waals surface area contributed by atoms with Crippen LogP contribution in [0, 0.1) is 11.6 Å². The average molecular weight is 374 g/mol. The molecule has 7 nitrogen and oxygen atoms in total. The number of esters is 1. The minimum Gasteiger partial charge on any atom is -0.465 e. The molecule has 3 rings (SSSR count). The molecule has 1 aliphatic rings. The van der Waals surface area contributed by atoms with Crippen molar-refractivity contribution in [1.29, 1.82) is 0 Å². The van der Waals surface area contributed by atoms with E-state index in [1.165, 1.54) is 25.2 Å². The number of carbonyl (C=O) groups is 4. The SMILES string of the molecule is COC(=O)c1cc(NC(=O)c2ccc3c(c2)C(=O)N(C)C3=O)c(F)cc1F. The van der Waals surface area contributed by atoms with E-state index in [1.807, 2.05) is 0 Å². The van der Waals surface area contributed by atoms with Crippen molar-refractivity contribution in [3.63, 3.8) is 0 Å². The van der Waals surface area contributed by atoms with Crippen LogP contribution in [-0.4, -0.2) is 42.7 Å². The second kappa shape index (κ2) is 6.60. The highest BCUT2D eigenvalue weighted by molar-refractivity contribution is 6.22. The number of ether oxygens (including phenoxy) is 1. The van der Waals surface area contributed by atoms with Crippen LogP contribution in [0.15, 0.2) is 30.3 Å². The summed E-state index contributed by atoms with van der Waals surface area (Å²) in [6, 6.07) is 5.07. The summed E-state index contributed by atoms with van der Waals surface area (Å²) >= 11 is 0. The maximum absolute atomic E-state index is 13.9. The van der Waals surface area contributed by atoms with Gasteiger partial charge < -0.3 is 10.1 Å². The molecule has 1 heterocycles. The molecule has 0 spiro atoms. The van der Waals surface area contributed by atoms with Gasteiger partial charge in [-0.25, -0.2) is 13.6 Å². The van der Waals surface area contributed by atoms with Crippen molar-refractivity contribution >= 4 is 29.4 Å². The monoisotopic (exact) mass is 374 g/mol. The van der Waals surface area contributed by atoms with Crippen molar-refractivity contribution in [2.24, 2.45) is 0 Å². The Morgan fingerprint density at radius 3 is 2.33 bits per heavy atom. The second-order valence-electron chi connectivity index (χ2n) is 5.69. The number of hydrogen-bond donors (Lipinski definition) is 1. The van der Waals surface area contributed by atoms with E-state index < -0.39 is 46.6 Å². The van der Waals surface area contributed by atoms with Gasteiger partial charge in [0.15, 0.2) is 0 Å². The lowest BCUT2D eigenvalue weighted by molar-refractivity contribution is 0.0594. The summed E-state index contributed by atoms with van der Waals surface area (Å²) < 4.78 is 32.0. The highest BCUT2D eigenvalue weighted by Crippen LogP contribution is 2.24. The molecule has 0 unspecified atom stereocenters. The van der Waals surface area contributed by atoms with Gasteiger partial charge in [0.05, 0.1) is 29.5 Å². The normalized spacial score (nSPS) is 12.8. The number of hydrogen-bond acceptors (Lipinski definition) is 5. The zero-order valence-electron chi connectivity index (χ0n) is 14.1. The standard InChI is InChI=1S/C18H12F2N2O5/c1-22-16(24)9-4-3-8(5-10(9)17(22)25)15(23)21-14-6-11(18(26)27-2)12(19)7-13(14)20/h3-7H,1-2H3,(H,21,23). The van der Waals surface area contributed by atoms with Crippen molar-refractivity contribution in [2.45, 2.75) is 0 Å². The number of halogens is 2. The van der Waals surface area contributed by atoms with Crippen LogP contribution in [0.25, 0.3) is 0 Å². The summed E-state index contributed by atoms with van der Waals surface area (Å²) in [6.07, 6.45) is 0. The van der Waals surface area contributed by atoms with Gasteiger partial charge in [-0.3, -0.25) is 19.3 Å². The number of nitrogens with zero attached hydrogens (tertiary/aromatic N) is 1. The Labute approximate surface area is 151 Å². The van der Waals surface area contributed by atoms with Gasteiger partial charge in [-0.1, -0.05) is 0 Å². The first kappa shape index (κ1) is 18.2. The molecule has 0 saturated heterocycles. The molecule has 0 saturated carbocycles. The molecule has 138 valence electrons. The second-order valence-corrected chi connectivity index (χ2v) is 5.69. The Morgan fingerprint density at radius 2 is 1.67 bits per heavy atom. The summed E-state index contributed by atoms with van der Waals surface area (Å²) in [7, 11) is 2.34. The lowest BCUT2D eigenvalue weighted by Crippen LogP contribution is -2.24. The molecule has 2 aromatic rings. The van der Waals surface area contributed by atoms with Gasteiger partial charge in [-0.15, -0.1) is 0 Å². The van der Waals surface area contributed by atoms with Gasteiger partial charge in [-0.2, -0.15) is 0 Å². The Bertz CT molecular complexity index is 1020. The first-order chi connectivity index (χ1) is 12.7. The van der Waals surface area contributed by atoms with E-state index >= 15 is 0 Å². The van der Waals surface area contributed by atoms with Crippen LogP contribution >= 0.6 is 0 Å². The fourth-order valence-corrected chi connectivity index (χ4v) is 2.61. The van der Waals surface area contributed by atoms with Crippen LogP contribution in [0.5, 0.6) is 0 Å². The smallest absolute Gasteiger partial charge is 0.340 e. The molecule has 9 heteroatoms. The molecule has 0 radical (unpaired) electrons. The number of rotatable bonds is 3. The van der Waals surface area contributed by atoms with Crippen molar-refractivity contribution < 1.29 is 32.7 Å². The molecule has 2 aromatic carbocycles. The molecule has 3 amide bonds. The predicted molar refractivity (Wildman–Crippen MR) is 88.5 cm³/mol. The number of benzene rings is 2. The van der Waals surface area contributed by atoms with E-state index in [1.54, 1.807) is 0 Å². The van der Waals surface area contributed by atoms with E-state index in [0.717, 1.165) is 18.1 Å². The van der Waals surface area contributed by atoms with Crippen molar-refractivity contribution in [3.8, 4) is 0 Å². The minimum atomic E-state index is -1.14. The molecule has 1 aliphatic heterocycles. The quantitative estimate of drug-likeness (QED) is 0.657. The fraction of sp³-hybridized carbons (Fsp3) is 0.111. The fourth-order valence-electron chi connectivity index (χ4n) is 2.61. The van der Waals surface area contributed by atoms with Gasteiger partial charge in [0.2, 0.25) is 0 Å². The average Bonchev–Trinajstić information content (AvgIpc) is 2.87. The predicted octanol–water partition coefficient (Wildman–Crippen LogP) is 2.23. The molecule has 1 N–H and O–H groups in total.